The summed E-state index contributed by atoms with van der Waals surface area (Å²) in [4.78, 5) is 2.41. The van der Waals surface area contributed by atoms with E-state index in [9.17, 15) is 0 Å². The number of piperazine rings is 1. The lowest BCUT2D eigenvalue weighted by molar-refractivity contribution is 0.360. The zero-order valence-corrected chi connectivity index (χ0v) is 13.8. The molecule has 1 aromatic carbocycles. The van der Waals surface area contributed by atoms with E-state index in [1.54, 1.807) is 6.07 Å². The van der Waals surface area contributed by atoms with Crippen LogP contribution in [0.25, 0.3) is 0 Å². The van der Waals surface area contributed by atoms with Gasteiger partial charge in [-0.1, -0.05) is 41.7 Å². The maximum Gasteiger partial charge on any atom is 0.0655 e. The Morgan fingerprint density at radius 1 is 1.15 bits per heavy atom. The number of rotatable bonds is 3. The van der Waals surface area contributed by atoms with Crippen LogP contribution in [0.15, 0.2) is 12.1 Å². The van der Waals surface area contributed by atoms with Gasteiger partial charge in [-0.2, -0.15) is 0 Å². The van der Waals surface area contributed by atoms with E-state index in [-0.39, 0.29) is 0 Å². The summed E-state index contributed by atoms with van der Waals surface area (Å²) in [5, 5.41) is 5.46. The Morgan fingerprint density at radius 3 is 2.50 bits per heavy atom. The Kier molecular flexibility index (Phi) is 4.37. The largest absolute Gasteiger partial charge is 0.364 e. The fraction of sp³-hybridized carbons (Fsp3) is 0.600. The van der Waals surface area contributed by atoms with Crippen molar-refractivity contribution in [3.63, 3.8) is 0 Å². The first-order chi connectivity index (χ1) is 9.60. The maximum absolute atomic E-state index is 6.39. The van der Waals surface area contributed by atoms with Gasteiger partial charge in [0.2, 0.25) is 0 Å². The summed E-state index contributed by atoms with van der Waals surface area (Å²) in [7, 11) is 0. The van der Waals surface area contributed by atoms with Crippen molar-refractivity contribution in [2.75, 3.05) is 18.0 Å². The van der Waals surface area contributed by atoms with Gasteiger partial charge >= 0.3 is 0 Å². The molecule has 1 saturated heterocycles. The van der Waals surface area contributed by atoms with Crippen LogP contribution in [0.2, 0.25) is 15.1 Å². The van der Waals surface area contributed by atoms with Gasteiger partial charge in [0, 0.05) is 25.2 Å². The van der Waals surface area contributed by atoms with E-state index in [0.29, 0.717) is 27.2 Å². The Bertz CT molecular complexity index is 502. The molecule has 2 atom stereocenters. The Hall–Kier alpha value is -0.150. The van der Waals surface area contributed by atoms with Gasteiger partial charge in [0.05, 0.1) is 20.8 Å². The van der Waals surface area contributed by atoms with Gasteiger partial charge in [-0.15, -0.1) is 0 Å². The van der Waals surface area contributed by atoms with E-state index < -0.39 is 0 Å². The molecule has 2 fully saturated rings. The van der Waals surface area contributed by atoms with Crippen molar-refractivity contribution < 1.29 is 0 Å². The van der Waals surface area contributed by atoms with Gasteiger partial charge in [-0.25, -0.2) is 0 Å². The number of benzene rings is 1. The molecule has 2 unspecified atom stereocenters. The van der Waals surface area contributed by atoms with E-state index in [1.165, 1.54) is 12.8 Å². The first-order valence-electron chi connectivity index (χ1n) is 7.24. The van der Waals surface area contributed by atoms with Crippen molar-refractivity contribution in [2.45, 2.75) is 38.3 Å². The molecule has 20 heavy (non-hydrogen) atoms. The fourth-order valence-corrected chi connectivity index (χ4v) is 3.68. The summed E-state index contributed by atoms with van der Waals surface area (Å²) in [5.74, 6) is 0.830. The molecule has 0 spiro atoms. The first-order valence-corrected chi connectivity index (χ1v) is 8.38. The summed E-state index contributed by atoms with van der Waals surface area (Å²) in [6.07, 6.45) is 3.77. The number of hydrogen-bond acceptors (Lipinski definition) is 2. The number of hydrogen-bond donors (Lipinski definition) is 1. The fourth-order valence-electron chi connectivity index (χ4n) is 3.03. The van der Waals surface area contributed by atoms with Gasteiger partial charge in [0.15, 0.2) is 0 Å². The molecule has 5 heteroatoms. The quantitative estimate of drug-likeness (QED) is 0.812. The monoisotopic (exact) mass is 332 g/mol. The van der Waals surface area contributed by atoms with Crippen LogP contribution >= 0.6 is 34.8 Å². The zero-order valence-electron chi connectivity index (χ0n) is 11.5. The average Bonchev–Trinajstić information content (AvgIpc) is 3.27. The summed E-state index contributed by atoms with van der Waals surface area (Å²) < 4.78 is 0. The van der Waals surface area contributed by atoms with Crippen molar-refractivity contribution in [1.29, 1.82) is 0 Å². The van der Waals surface area contributed by atoms with Crippen molar-refractivity contribution in [2.24, 2.45) is 5.92 Å². The van der Waals surface area contributed by atoms with Crippen LogP contribution in [0.5, 0.6) is 0 Å². The zero-order chi connectivity index (χ0) is 14.3. The van der Waals surface area contributed by atoms with Gasteiger partial charge in [-0.3, -0.25) is 0 Å². The highest BCUT2D eigenvalue weighted by Gasteiger charge is 2.37. The van der Waals surface area contributed by atoms with Gasteiger partial charge in [0.1, 0.15) is 0 Å². The highest BCUT2D eigenvalue weighted by molar-refractivity contribution is 6.44. The topological polar surface area (TPSA) is 15.3 Å². The smallest absolute Gasteiger partial charge is 0.0655 e. The predicted octanol–water partition coefficient (Wildman–Crippen LogP) is 4.61. The standard InChI is InChI=1S/C15H19Cl3N2/c1-2-10-7-19-14(9-3-4-9)8-20(10)15-6-12(17)11(16)5-13(15)18/h5-6,9-10,14,19H,2-4,7-8H2,1H3. The van der Waals surface area contributed by atoms with Crippen molar-refractivity contribution in [1.82, 2.24) is 5.32 Å². The van der Waals surface area contributed by atoms with E-state index in [4.69, 9.17) is 34.8 Å². The number of nitrogens with one attached hydrogen (secondary N) is 1. The van der Waals surface area contributed by atoms with Crippen LogP contribution in [0.3, 0.4) is 0 Å². The van der Waals surface area contributed by atoms with Crippen LogP contribution in [-0.4, -0.2) is 25.2 Å². The van der Waals surface area contributed by atoms with Crippen LogP contribution in [0.1, 0.15) is 26.2 Å². The number of halogens is 3. The molecule has 1 aliphatic carbocycles. The summed E-state index contributed by atoms with van der Waals surface area (Å²) in [5.41, 5.74) is 1.01. The highest BCUT2D eigenvalue weighted by Crippen LogP contribution is 2.39. The highest BCUT2D eigenvalue weighted by atomic mass is 35.5. The maximum atomic E-state index is 6.39. The molecule has 1 aromatic rings. The van der Waals surface area contributed by atoms with Crippen LogP contribution in [0, 0.1) is 5.92 Å². The molecule has 2 aliphatic rings. The summed E-state index contributed by atoms with van der Waals surface area (Å²) >= 11 is 18.6. The molecule has 1 heterocycles. The Morgan fingerprint density at radius 2 is 1.85 bits per heavy atom. The van der Waals surface area contributed by atoms with Crippen molar-refractivity contribution in [3.8, 4) is 0 Å². The predicted molar refractivity (Wildman–Crippen MR) is 87.4 cm³/mol. The number of anilines is 1. The number of nitrogens with zero attached hydrogens (tertiary/aromatic N) is 1. The third kappa shape index (κ3) is 2.89. The van der Waals surface area contributed by atoms with Gasteiger partial charge in [0.25, 0.3) is 0 Å². The molecule has 0 amide bonds. The van der Waals surface area contributed by atoms with E-state index in [0.717, 1.165) is 31.1 Å². The van der Waals surface area contributed by atoms with E-state index >= 15 is 0 Å². The second-order valence-electron chi connectivity index (χ2n) is 5.78. The molecule has 110 valence electrons. The molecule has 0 radical (unpaired) electrons. The lowest BCUT2D eigenvalue weighted by atomic mass is 10.0. The molecule has 0 aromatic heterocycles. The SMILES string of the molecule is CCC1CNC(C2CC2)CN1c1cc(Cl)c(Cl)cc1Cl. The molecule has 1 saturated carbocycles. The Balaban J connectivity index is 1.89. The minimum Gasteiger partial charge on any atom is -0.364 e. The van der Waals surface area contributed by atoms with Crippen LogP contribution in [0.4, 0.5) is 5.69 Å². The third-order valence-corrected chi connectivity index (χ3v) is 5.44. The Labute approximate surface area is 135 Å². The minimum atomic E-state index is 0.458. The lowest BCUT2D eigenvalue weighted by Gasteiger charge is -2.42. The van der Waals surface area contributed by atoms with Crippen LogP contribution < -0.4 is 10.2 Å². The van der Waals surface area contributed by atoms with Gasteiger partial charge < -0.3 is 10.2 Å². The van der Waals surface area contributed by atoms with E-state index in [2.05, 4.69) is 17.1 Å². The second-order valence-corrected chi connectivity index (χ2v) is 7.01. The molecular formula is C15H19Cl3N2. The summed E-state index contributed by atoms with van der Waals surface area (Å²) in [6.45, 7) is 4.22. The molecular weight excluding hydrogens is 315 g/mol. The van der Waals surface area contributed by atoms with Crippen molar-refractivity contribution in [3.05, 3.63) is 27.2 Å². The molecule has 1 N–H and O–H groups in total. The first kappa shape index (κ1) is 14.8. The lowest BCUT2D eigenvalue weighted by Crippen LogP contribution is -2.57. The van der Waals surface area contributed by atoms with Crippen molar-refractivity contribution >= 4 is 40.5 Å². The minimum absolute atomic E-state index is 0.458. The molecule has 3 rings (SSSR count). The molecule has 1 aliphatic heterocycles. The van der Waals surface area contributed by atoms with Gasteiger partial charge in [-0.05, 0) is 37.3 Å². The molecule has 0 bridgehead atoms. The second kappa shape index (κ2) is 5.92. The normalized spacial score (nSPS) is 26.9. The molecule has 2 nitrogen and oxygen atoms in total. The third-order valence-electron chi connectivity index (χ3n) is 4.41. The van der Waals surface area contributed by atoms with Crippen LogP contribution in [-0.2, 0) is 0 Å². The average molecular weight is 334 g/mol. The summed E-state index contributed by atoms with van der Waals surface area (Å²) in [6, 6.07) is 4.69. The van der Waals surface area contributed by atoms with E-state index in [1.807, 2.05) is 6.07 Å².